The van der Waals surface area contributed by atoms with Gasteiger partial charge in [-0.2, -0.15) is 0 Å². The van der Waals surface area contributed by atoms with Crippen LogP contribution in [-0.2, 0) is 9.59 Å². The second-order valence-corrected chi connectivity index (χ2v) is 4.69. The van der Waals surface area contributed by atoms with E-state index in [1.54, 1.807) is 19.1 Å². The maximum absolute atomic E-state index is 12.0. The number of aliphatic carboxylic acids is 2. The van der Waals surface area contributed by atoms with Gasteiger partial charge in [-0.15, -0.1) is 0 Å². The molecule has 1 atom stereocenters. The molecule has 1 aromatic rings. The van der Waals surface area contributed by atoms with E-state index in [9.17, 15) is 14.4 Å². The minimum atomic E-state index is -1.28. The van der Waals surface area contributed by atoms with Gasteiger partial charge < -0.3 is 15.5 Å². The van der Waals surface area contributed by atoms with E-state index in [1.165, 1.54) is 6.07 Å². The molecule has 0 radical (unpaired) electrons. The van der Waals surface area contributed by atoms with E-state index < -0.39 is 23.9 Å². The Balaban J connectivity index is 2.82. The number of carbonyl (C=O) groups is 3. The molecular formula is C13H14ClNO5. The van der Waals surface area contributed by atoms with Gasteiger partial charge in [-0.3, -0.25) is 9.59 Å². The SMILES string of the molecule is Cc1ccc(Cl)cc1C(=O)N[C@@H](CCC(=O)O)C(=O)O. The number of carboxylic acids is 2. The first-order valence-electron chi connectivity index (χ1n) is 5.83. The van der Waals surface area contributed by atoms with Gasteiger partial charge in [-0.25, -0.2) is 4.79 Å². The third kappa shape index (κ3) is 4.55. The molecule has 1 aromatic carbocycles. The maximum atomic E-state index is 12.0. The molecule has 108 valence electrons. The monoisotopic (exact) mass is 299 g/mol. The molecule has 0 bridgehead atoms. The molecule has 0 aromatic heterocycles. The van der Waals surface area contributed by atoms with Gasteiger partial charge >= 0.3 is 11.9 Å². The molecule has 7 heteroatoms. The lowest BCUT2D eigenvalue weighted by atomic mass is 10.1. The molecule has 0 unspecified atom stereocenters. The summed E-state index contributed by atoms with van der Waals surface area (Å²) in [6.07, 6.45) is -0.526. The van der Waals surface area contributed by atoms with Crippen molar-refractivity contribution in [2.45, 2.75) is 25.8 Å². The first-order chi connectivity index (χ1) is 9.31. The predicted octanol–water partition coefficient (Wildman–Crippen LogP) is 1.70. The average Bonchev–Trinajstić information content (AvgIpc) is 2.36. The Labute approximate surface area is 120 Å². The van der Waals surface area contributed by atoms with Crippen LogP contribution in [0.5, 0.6) is 0 Å². The van der Waals surface area contributed by atoms with Gasteiger partial charge in [0.15, 0.2) is 0 Å². The zero-order valence-electron chi connectivity index (χ0n) is 10.7. The largest absolute Gasteiger partial charge is 0.481 e. The summed E-state index contributed by atoms with van der Waals surface area (Å²) in [5.74, 6) is -2.99. The van der Waals surface area contributed by atoms with Crippen LogP contribution in [0.15, 0.2) is 18.2 Å². The smallest absolute Gasteiger partial charge is 0.326 e. The van der Waals surface area contributed by atoms with Crippen molar-refractivity contribution >= 4 is 29.4 Å². The number of carbonyl (C=O) groups excluding carboxylic acids is 1. The molecule has 3 N–H and O–H groups in total. The van der Waals surface area contributed by atoms with Gasteiger partial charge in [0.25, 0.3) is 5.91 Å². The van der Waals surface area contributed by atoms with Crippen LogP contribution in [0, 0.1) is 6.92 Å². The number of hydrogen-bond acceptors (Lipinski definition) is 3. The Morgan fingerprint density at radius 2 is 1.95 bits per heavy atom. The summed E-state index contributed by atoms with van der Waals surface area (Å²) >= 11 is 5.79. The van der Waals surface area contributed by atoms with Crippen molar-refractivity contribution in [1.82, 2.24) is 5.32 Å². The summed E-state index contributed by atoms with van der Waals surface area (Å²) in [7, 11) is 0. The molecule has 6 nitrogen and oxygen atoms in total. The Hall–Kier alpha value is -2.08. The fourth-order valence-corrected chi connectivity index (χ4v) is 1.77. The summed E-state index contributed by atoms with van der Waals surface area (Å²) in [5, 5.41) is 20.2. The van der Waals surface area contributed by atoms with Crippen LogP contribution < -0.4 is 5.32 Å². The second-order valence-electron chi connectivity index (χ2n) is 4.26. The number of halogens is 1. The van der Waals surface area contributed by atoms with Crippen molar-refractivity contribution in [3.05, 3.63) is 34.3 Å². The van der Waals surface area contributed by atoms with Gasteiger partial charge in [0.2, 0.25) is 0 Å². The van der Waals surface area contributed by atoms with Crippen molar-refractivity contribution in [1.29, 1.82) is 0 Å². The highest BCUT2D eigenvalue weighted by molar-refractivity contribution is 6.31. The van der Waals surface area contributed by atoms with Gasteiger partial charge in [-0.1, -0.05) is 17.7 Å². The lowest BCUT2D eigenvalue weighted by Crippen LogP contribution is -2.41. The maximum Gasteiger partial charge on any atom is 0.326 e. The molecule has 1 rings (SSSR count). The van der Waals surface area contributed by atoms with Crippen LogP contribution in [0.2, 0.25) is 5.02 Å². The van der Waals surface area contributed by atoms with Crippen molar-refractivity contribution < 1.29 is 24.6 Å². The number of aryl methyl sites for hydroxylation is 1. The summed E-state index contributed by atoms with van der Waals surface area (Å²) in [6.45, 7) is 1.69. The lowest BCUT2D eigenvalue weighted by Gasteiger charge is -2.14. The molecule has 0 saturated carbocycles. The quantitative estimate of drug-likeness (QED) is 0.741. The Bertz CT molecular complexity index is 544. The zero-order valence-corrected chi connectivity index (χ0v) is 11.5. The van der Waals surface area contributed by atoms with Gasteiger partial charge in [0, 0.05) is 17.0 Å². The molecule has 0 aliphatic heterocycles. The zero-order chi connectivity index (χ0) is 15.3. The molecular weight excluding hydrogens is 286 g/mol. The van der Waals surface area contributed by atoms with E-state index in [-0.39, 0.29) is 18.4 Å². The fraction of sp³-hybridized carbons (Fsp3) is 0.308. The van der Waals surface area contributed by atoms with E-state index in [0.717, 1.165) is 0 Å². The molecule has 1 amide bonds. The normalized spacial score (nSPS) is 11.7. The summed E-state index contributed by atoms with van der Waals surface area (Å²) < 4.78 is 0. The Morgan fingerprint density at radius 3 is 2.50 bits per heavy atom. The van der Waals surface area contributed by atoms with Crippen LogP contribution in [0.25, 0.3) is 0 Å². The van der Waals surface area contributed by atoms with Gasteiger partial charge in [-0.05, 0) is 31.0 Å². The number of carboxylic acid groups (broad SMARTS) is 2. The van der Waals surface area contributed by atoms with Crippen LogP contribution in [-0.4, -0.2) is 34.1 Å². The Kier molecular flexibility index (Phi) is 5.52. The molecule has 0 heterocycles. The second kappa shape index (κ2) is 6.91. The van der Waals surface area contributed by atoms with Gasteiger partial charge in [0.05, 0.1) is 0 Å². The molecule has 0 aliphatic carbocycles. The highest BCUT2D eigenvalue weighted by Crippen LogP contribution is 2.15. The number of hydrogen-bond donors (Lipinski definition) is 3. The van der Waals surface area contributed by atoms with E-state index in [2.05, 4.69) is 5.32 Å². The van der Waals surface area contributed by atoms with Crippen LogP contribution in [0.4, 0.5) is 0 Å². The van der Waals surface area contributed by atoms with Crippen LogP contribution >= 0.6 is 11.6 Å². The number of amides is 1. The topological polar surface area (TPSA) is 104 Å². The van der Waals surface area contributed by atoms with Crippen molar-refractivity contribution in [2.75, 3.05) is 0 Å². The van der Waals surface area contributed by atoms with E-state index in [4.69, 9.17) is 21.8 Å². The predicted molar refractivity (Wildman–Crippen MR) is 71.9 cm³/mol. The Morgan fingerprint density at radius 1 is 1.30 bits per heavy atom. The number of nitrogens with one attached hydrogen (secondary N) is 1. The third-order valence-electron chi connectivity index (χ3n) is 2.69. The van der Waals surface area contributed by atoms with E-state index >= 15 is 0 Å². The third-order valence-corrected chi connectivity index (χ3v) is 2.93. The first-order valence-corrected chi connectivity index (χ1v) is 6.20. The van der Waals surface area contributed by atoms with Crippen molar-refractivity contribution in [3.63, 3.8) is 0 Å². The minimum absolute atomic E-state index is 0.185. The first kappa shape index (κ1) is 16.0. The molecule has 0 saturated heterocycles. The van der Waals surface area contributed by atoms with Crippen molar-refractivity contribution in [3.8, 4) is 0 Å². The van der Waals surface area contributed by atoms with Crippen LogP contribution in [0.3, 0.4) is 0 Å². The molecule has 0 spiro atoms. The highest BCUT2D eigenvalue weighted by atomic mass is 35.5. The summed E-state index contributed by atoms with van der Waals surface area (Å²) in [5.41, 5.74) is 0.911. The summed E-state index contributed by atoms with van der Waals surface area (Å²) in [6, 6.07) is 3.44. The minimum Gasteiger partial charge on any atom is -0.481 e. The van der Waals surface area contributed by atoms with Crippen LogP contribution in [0.1, 0.15) is 28.8 Å². The van der Waals surface area contributed by atoms with Gasteiger partial charge in [0.1, 0.15) is 6.04 Å². The number of rotatable bonds is 6. The highest BCUT2D eigenvalue weighted by Gasteiger charge is 2.22. The molecule has 20 heavy (non-hydrogen) atoms. The number of benzene rings is 1. The molecule has 0 aliphatic rings. The molecule has 0 fully saturated rings. The van der Waals surface area contributed by atoms with E-state index in [0.29, 0.717) is 10.6 Å². The standard InChI is InChI=1S/C13H14ClNO5/c1-7-2-3-8(14)6-9(7)12(18)15-10(13(19)20)4-5-11(16)17/h2-3,6,10H,4-5H2,1H3,(H,15,18)(H,16,17)(H,19,20)/t10-/m0/s1. The fourth-order valence-electron chi connectivity index (χ4n) is 1.60. The average molecular weight is 300 g/mol. The lowest BCUT2D eigenvalue weighted by molar-refractivity contribution is -0.140. The van der Waals surface area contributed by atoms with Crippen molar-refractivity contribution in [2.24, 2.45) is 0 Å². The van der Waals surface area contributed by atoms with E-state index in [1.807, 2.05) is 0 Å². The summed E-state index contributed by atoms with van der Waals surface area (Å²) in [4.78, 5) is 33.5.